The van der Waals surface area contributed by atoms with Crippen LogP contribution in [0.2, 0.25) is 0 Å². The van der Waals surface area contributed by atoms with Gasteiger partial charge >= 0.3 is 5.97 Å². The Morgan fingerprint density at radius 2 is 2.09 bits per heavy atom. The Morgan fingerprint density at radius 1 is 1.27 bits per heavy atom. The summed E-state index contributed by atoms with van der Waals surface area (Å²) in [6.07, 6.45) is 2.02. The molecule has 0 aliphatic rings. The lowest BCUT2D eigenvalue weighted by atomic mass is 10.0. The molecule has 0 spiro atoms. The second-order valence-electron chi connectivity index (χ2n) is 4.94. The van der Waals surface area contributed by atoms with E-state index in [1.807, 2.05) is 24.3 Å². The number of amides is 1. The van der Waals surface area contributed by atoms with Gasteiger partial charge in [0.25, 0.3) is 5.91 Å². The summed E-state index contributed by atoms with van der Waals surface area (Å²) in [5, 5.41) is 16.4. The highest BCUT2D eigenvalue weighted by Gasteiger charge is 2.22. The SMILES string of the molecule is O=C(NC(Cc1c[nH]c2ccccc12)C(=O)O)c1ccsc1. The number of aromatic amines is 1. The monoisotopic (exact) mass is 314 g/mol. The maximum Gasteiger partial charge on any atom is 0.326 e. The molecule has 0 bridgehead atoms. The molecule has 0 aliphatic heterocycles. The Balaban J connectivity index is 1.80. The first-order chi connectivity index (χ1) is 10.6. The number of fused-ring (bicyclic) bond motifs is 1. The molecule has 2 heterocycles. The van der Waals surface area contributed by atoms with Crippen LogP contribution >= 0.6 is 11.3 Å². The highest BCUT2D eigenvalue weighted by atomic mass is 32.1. The molecule has 1 amide bonds. The lowest BCUT2D eigenvalue weighted by Crippen LogP contribution is -2.42. The summed E-state index contributed by atoms with van der Waals surface area (Å²) in [7, 11) is 0. The van der Waals surface area contributed by atoms with Crippen LogP contribution in [-0.2, 0) is 11.2 Å². The number of H-pyrrole nitrogens is 1. The summed E-state index contributed by atoms with van der Waals surface area (Å²) >= 11 is 1.40. The van der Waals surface area contributed by atoms with Gasteiger partial charge in [0.15, 0.2) is 0 Å². The number of carbonyl (C=O) groups excluding carboxylic acids is 1. The predicted molar refractivity (Wildman–Crippen MR) is 85.2 cm³/mol. The van der Waals surface area contributed by atoms with Crippen LogP contribution in [0.4, 0.5) is 0 Å². The summed E-state index contributed by atoms with van der Waals surface area (Å²) in [6.45, 7) is 0. The van der Waals surface area contributed by atoms with Gasteiger partial charge in [-0.15, -0.1) is 0 Å². The molecule has 5 nitrogen and oxygen atoms in total. The Kier molecular flexibility index (Phi) is 3.93. The molecule has 0 aliphatic carbocycles. The highest BCUT2D eigenvalue weighted by Crippen LogP contribution is 2.19. The lowest BCUT2D eigenvalue weighted by Gasteiger charge is -2.13. The van der Waals surface area contributed by atoms with E-state index in [2.05, 4.69) is 10.3 Å². The molecule has 0 fully saturated rings. The number of aromatic nitrogens is 1. The van der Waals surface area contributed by atoms with Crippen molar-refractivity contribution in [1.82, 2.24) is 10.3 Å². The van der Waals surface area contributed by atoms with Gasteiger partial charge in [-0.3, -0.25) is 4.79 Å². The number of aliphatic carboxylic acids is 1. The van der Waals surface area contributed by atoms with Crippen molar-refractivity contribution in [3.63, 3.8) is 0 Å². The van der Waals surface area contributed by atoms with Gasteiger partial charge in [0.2, 0.25) is 0 Å². The van der Waals surface area contributed by atoms with Crippen molar-refractivity contribution < 1.29 is 14.7 Å². The van der Waals surface area contributed by atoms with Crippen molar-refractivity contribution in [2.75, 3.05) is 0 Å². The third-order valence-corrected chi connectivity index (χ3v) is 4.17. The fourth-order valence-electron chi connectivity index (χ4n) is 2.36. The fraction of sp³-hybridized carbons (Fsp3) is 0.125. The van der Waals surface area contributed by atoms with Gasteiger partial charge in [0.05, 0.1) is 5.56 Å². The lowest BCUT2D eigenvalue weighted by molar-refractivity contribution is -0.139. The number of nitrogens with one attached hydrogen (secondary N) is 2. The number of hydrogen-bond acceptors (Lipinski definition) is 3. The zero-order valence-electron chi connectivity index (χ0n) is 11.6. The molecule has 3 N–H and O–H groups in total. The van der Waals surface area contributed by atoms with E-state index in [9.17, 15) is 14.7 Å². The molecule has 0 radical (unpaired) electrons. The van der Waals surface area contributed by atoms with Gasteiger partial charge in [-0.05, 0) is 23.1 Å². The maximum atomic E-state index is 12.0. The molecule has 1 unspecified atom stereocenters. The van der Waals surface area contributed by atoms with Gasteiger partial charge in [-0.1, -0.05) is 18.2 Å². The Hall–Kier alpha value is -2.60. The first-order valence-corrected chi connectivity index (χ1v) is 7.70. The second kappa shape index (κ2) is 6.03. The normalized spacial score (nSPS) is 12.2. The molecule has 1 aromatic carbocycles. The third kappa shape index (κ3) is 2.87. The van der Waals surface area contributed by atoms with E-state index in [0.717, 1.165) is 16.5 Å². The van der Waals surface area contributed by atoms with Crippen molar-refractivity contribution in [2.24, 2.45) is 0 Å². The van der Waals surface area contributed by atoms with Crippen LogP contribution in [0.3, 0.4) is 0 Å². The van der Waals surface area contributed by atoms with Gasteiger partial charge in [0, 0.05) is 28.9 Å². The summed E-state index contributed by atoms with van der Waals surface area (Å²) in [6, 6.07) is 8.38. The minimum Gasteiger partial charge on any atom is -0.480 e. The number of carbonyl (C=O) groups is 2. The van der Waals surface area contributed by atoms with Crippen LogP contribution in [0.5, 0.6) is 0 Å². The molecular formula is C16H14N2O3S. The van der Waals surface area contributed by atoms with Crippen LogP contribution < -0.4 is 5.32 Å². The molecule has 1 atom stereocenters. The average molecular weight is 314 g/mol. The topological polar surface area (TPSA) is 82.2 Å². The van der Waals surface area contributed by atoms with Crippen LogP contribution in [0.15, 0.2) is 47.3 Å². The largest absolute Gasteiger partial charge is 0.480 e. The molecular weight excluding hydrogens is 300 g/mol. The standard InChI is InChI=1S/C16H14N2O3S/c19-15(10-5-6-22-9-10)18-14(16(20)21)7-11-8-17-13-4-2-1-3-12(11)13/h1-6,8-9,14,17H,7H2,(H,18,19)(H,20,21). The molecule has 112 valence electrons. The first kappa shape index (κ1) is 14.3. The number of para-hydroxylation sites is 1. The molecule has 0 saturated heterocycles. The van der Waals surface area contributed by atoms with Gasteiger partial charge in [-0.25, -0.2) is 4.79 Å². The van der Waals surface area contributed by atoms with E-state index >= 15 is 0 Å². The maximum absolute atomic E-state index is 12.0. The van der Waals surface area contributed by atoms with Gasteiger partial charge in [0.1, 0.15) is 6.04 Å². The van der Waals surface area contributed by atoms with E-state index in [1.54, 1.807) is 23.0 Å². The summed E-state index contributed by atoms with van der Waals surface area (Å²) in [5.41, 5.74) is 2.30. The van der Waals surface area contributed by atoms with Crippen molar-refractivity contribution in [1.29, 1.82) is 0 Å². The Bertz CT molecular complexity index is 808. The molecule has 2 aromatic heterocycles. The number of carboxylic acids is 1. The number of thiophene rings is 1. The van der Waals surface area contributed by atoms with Crippen LogP contribution in [0.1, 0.15) is 15.9 Å². The van der Waals surface area contributed by atoms with Crippen molar-refractivity contribution >= 4 is 34.1 Å². The highest BCUT2D eigenvalue weighted by molar-refractivity contribution is 7.08. The minimum absolute atomic E-state index is 0.231. The molecule has 3 aromatic rings. The molecule has 22 heavy (non-hydrogen) atoms. The smallest absolute Gasteiger partial charge is 0.326 e. The molecule has 6 heteroatoms. The van der Waals surface area contributed by atoms with E-state index in [1.165, 1.54) is 11.3 Å². The van der Waals surface area contributed by atoms with E-state index < -0.39 is 12.0 Å². The van der Waals surface area contributed by atoms with Crippen LogP contribution in [0, 0.1) is 0 Å². The Morgan fingerprint density at radius 3 is 2.82 bits per heavy atom. The third-order valence-electron chi connectivity index (χ3n) is 3.49. The number of rotatable bonds is 5. The van der Waals surface area contributed by atoms with Gasteiger partial charge in [-0.2, -0.15) is 11.3 Å². The zero-order chi connectivity index (χ0) is 15.5. The molecule has 0 saturated carbocycles. The fourth-order valence-corrected chi connectivity index (χ4v) is 2.99. The quantitative estimate of drug-likeness (QED) is 0.677. The van der Waals surface area contributed by atoms with E-state index in [0.29, 0.717) is 5.56 Å². The minimum atomic E-state index is -1.05. The van der Waals surface area contributed by atoms with Crippen molar-refractivity contribution in [2.45, 2.75) is 12.5 Å². The summed E-state index contributed by atoms with van der Waals surface area (Å²) < 4.78 is 0. The zero-order valence-corrected chi connectivity index (χ0v) is 12.4. The average Bonchev–Trinajstić information content (AvgIpc) is 3.16. The molecule has 3 rings (SSSR count). The summed E-state index contributed by atoms with van der Waals surface area (Å²) in [4.78, 5) is 26.6. The summed E-state index contributed by atoms with van der Waals surface area (Å²) in [5.74, 6) is -1.41. The predicted octanol–water partition coefficient (Wildman–Crippen LogP) is 2.66. The van der Waals surface area contributed by atoms with E-state index in [4.69, 9.17) is 0 Å². The first-order valence-electron chi connectivity index (χ1n) is 6.76. The van der Waals surface area contributed by atoms with E-state index in [-0.39, 0.29) is 12.3 Å². The van der Waals surface area contributed by atoms with Crippen molar-refractivity contribution in [3.05, 3.63) is 58.4 Å². The van der Waals surface area contributed by atoms with Crippen LogP contribution in [-0.4, -0.2) is 28.0 Å². The number of carboxylic acid groups (broad SMARTS) is 1. The van der Waals surface area contributed by atoms with Crippen LogP contribution in [0.25, 0.3) is 10.9 Å². The number of hydrogen-bond donors (Lipinski definition) is 3. The van der Waals surface area contributed by atoms with Gasteiger partial charge < -0.3 is 15.4 Å². The number of benzene rings is 1. The Labute approximate surface area is 130 Å². The van der Waals surface area contributed by atoms with Crippen molar-refractivity contribution in [3.8, 4) is 0 Å². The second-order valence-corrected chi connectivity index (χ2v) is 5.72.